The minimum Gasteiger partial charge on any atom is -0.458 e. The monoisotopic (exact) mass is 283 g/mol. The van der Waals surface area contributed by atoms with Crippen molar-refractivity contribution in [1.29, 1.82) is 0 Å². The van der Waals surface area contributed by atoms with Crippen molar-refractivity contribution in [2.45, 2.75) is 18.9 Å². The van der Waals surface area contributed by atoms with Crippen LogP contribution in [-0.2, 0) is 0 Å². The van der Waals surface area contributed by atoms with E-state index in [9.17, 15) is 0 Å². The van der Waals surface area contributed by atoms with Crippen molar-refractivity contribution >= 4 is 15.9 Å². The topological polar surface area (TPSA) is 38.2 Å². The Morgan fingerprint density at radius 3 is 2.50 bits per heavy atom. The molecular formula is C11H14BrN3O. The molecule has 4 rings (SSSR count). The van der Waals surface area contributed by atoms with Gasteiger partial charge in [-0.15, -0.1) is 0 Å². The number of hydrogen-bond acceptors (Lipinski definition) is 4. The molecule has 2 bridgehead atoms. The van der Waals surface area contributed by atoms with Crippen molar-refractivity contribution in [2.24, 2.45) is 5.92 Å². The molecule has 3 aliphatic rings. The maximum Gasteiger partial charge on any atom is 0.316 e. The van der Waals surface area contributed by atoms with Crippen molar-refractivity contribution in [3.05, 3.63) is 16.9 Å². The van der Waals surface area contributed by atoms with Crippen molar-refractivity contribution in [1.82, 2.24) is 14.9 Å². The minimum absolute atomic E-state index is 0.281. The van der Waals surface area contributed by atoms with Crippen LogP contribution in [0.1, 0.15) is 12.8 Å². The van der Waals surface area contributed by atoms with E-state index >= 15 is 0 Å². The molecule has 3 fully saturated rings. The van der Waals surface area contributed by atoms with Crippen LogP contribution in [0.5, 0.6) is 6.01 Å². The van der Waals surface area contributed by atoms with Crippen molar-refractivity contribution in [3.8, 4) is 6.01 Å². The lowest BCUT2D eigenvalue weighted by Gasteiger charge is -2.43. The highest BCUT2D eigenvalue weighted by Gasteiger charge is 2.35. The molecule has 5 heteroatoms. The Kier molecular flexibility index (Phi) is 2.81. The van der Waals surface area contributed by atoms with E-state index in [4.69, 9.17) is 4.74 Å². The van der Waals surface area contributed by atoms with Crippen LogP contribution >= 0.6 is 15.9 Å². The average molecular weight is 284 g/mol. The van der Waals surface area contributed by atoms with Crippen LogP contribution in [0.4, 0.5) is 0 Å². The van der Waals surface area contributed by atoms with Gasteiger partial charge in [0, 0.05) is 18.9 Å². The minimum atomic E-state index is 0.281. The number of aromatic nitrogens is 2. The van der Waals surface area contributed by atoms with Crippen LogP contribution in [-0.4, -0.2) is 40.6 Å². The van der Waals surface area contributed by atoms with E-state index in [-0.39, 0.29) is 6.10 Å². The zero-order valence-electron chi connectivity index (χ0n) is 8.97. The Morgan fingerprint density at radius 1 is 1.25 bits per heavy atom. The van der Waals surface area contributed by atoms with E-state index in [0.29, 0.717) is 11.9 Å². The highest BCUT2D eigenvalue weighted by Crippen LogP contribution is 2.29. The molecule has 3 saturated heterocycles. The van der Waals surface area contributed by atoms with Gasteiger partial charge in [-0.25, -0.2) is 9.97 Å². The highest BCUT2D eigenvalue weighted by molar-refractivity contribution is 9.10. The highest BCUT2D eigenvalue weighted by atomic mass is 79.9. The fraction of sp³-hybridized carbons (Fsp3) is 0.636. The molecule has 0 unspecified atom stereocenters. The first-order valence-corrected chi connectivity index (χ1v) is 6.47. The molecule has 0 aliphatic carbocycles. The van der Waals surface area contributed by atoms with Crippen molar-refractivity contribution in [2.75, 3.05) is 19.6 Å². The first kappa shape index (κ1) is 10.5. The van der Waals surface area contributed by atoms with E-state index in [1.165, 1.54) is 25.9 Å². The fourth-order valence-corrected chi connectivity index (χ4v) is 2.75. The normalized spacial score (nSPS) is 32.7. The molecule has 0 saturated carbocycles. The molecule has 1 atom stereocenters. The van der Waals surface area contributed by atoms with Crippen LogP contribution in [0.2, 0.25) is 0 Å². The Morgan fingerprint density at radius 2 is 1.94 bits per heavy atom. The van der Waals surface area contributed by atoms with Crippen LogP contribution in [0.3, 0.4) is 0 Å². The second-order valence-electron chi connectivity index (χ2n) is 4.48. The van der Waals surface area contributed by atoms with Gasteiger partial charge in [0.25, 0.3) is 0 Å². The maximum atomic E-state index is 5.86. The van der Waals surface area contributed by atoms with E-state index in [1.807, 2.05) is 0 Å². The molecule has 4 heterocycles. The SMILES string of the molecule is Brc1cnc(O[C@H]2CN3CCC2CC3)nc1. The summed E-state index contributed by atoms with van der Waals surface area (Å²) < 4.78 is 6.74. The molecule has 1 aromatic heterocycles. The molecule has 86 valence electrons. The number of nitrogens with zero attached hydrogens (tertiary/aromatic N) is 3. The number of piperidine rings is 3. The van der Waals surface area contributed by atoms with E-state index in [0.717, 1.165) is 11.0 Å². The molecular weight excluding hydrogens is 270 g/mol. The summed E-state index contributed by atoms with van der Waals surface area (Å²) in [5, 5.41) is 0. The van der Waals surface area contributed by atoms with Gasteiger partial charge in [-0.2, -0.15) is 0 Å². The lowest BCUT2D eigenvalue weighted by molar-refractivity contribution is -0.0123. The van der Waals surface area contributed by atoms with Crippen LogP contribution in [0, 0.1) is 5.92 Å². The van der Waals surface area contributed by atoms with Crippen LogP contribution < -0.4 is 4.74 Å². The lowest BCUT2D eigenvalue weighted by Crippen LogP contribution is -2.52. The number of rotatable bonds is 2. The zero-order chi connectivity index (χ0) is 11.0. The van der Waals surface area contributed by atoms with Gasteiger partial charge in [-0.05, 0) is 47.8 Å². The van der Waals surface area contributed by atoms with Crippen molar-refractivity contribution < 1.29 is 4.74 Å². The first-order valence-electron chi connectivity index (χ1n) is 5.68. The molecule has 0 spiro atoms. The Balaban J connectivity index is 1.68. The predicted molar refractivity (Wildman–Crippen MR) is 63.3 cm³/mol. The van der Waals surface area contributed by atoms with E-state index < -0.39 is 0 Å². The van der Waals surface area contributed by atoms with Gasteiger partial charge in [0.2, 0.25) is 0 Å². The number of ether oxygens (including phenoxy) is 1. The van der Waals surface area contributed by atoms with Gasteiger partial charge in [-0.3, -0.25) is 4.90 Å². The summed E-state index contributed by atoms with van der Waals surface area (Å²) in [5.74, 6) is 0.692. The number of halogens is 1. The fourth-order valence-electron chi connectivity index (χ4n) is 2.54. The smallest absolute Gasteiger partial charge is 0.316 e. The molecule has 16 heavy (non-hydrogen) atoms. The number of hydrogen-bond donors (Lipinski definition) is 0. The second-order valence-corrected chi connectivity index (χ2v) is 5.39. The molecule has 0 amide bonds. The third-order valence-corrected chi connectivity index (χ3v) is 3.86. The summed E-state index contributed by atoms with van der Waals surface area (Å²) in [6.07, 6.45) is 6.24. The predicted octanol–water partition coefficient (Wildman–Crippen LogP) is 1.71. The summed E-state index contributed by atoms with van der Waals surface area (Å²) in [4.78, 5) is 10.8. The third-order valence-electron chi connectivity index (χ3n) is 3.45. The zero-order valence-corrected chi connectivity index (χ0v) is 10.6. The largest absolute Gasteiger partial charge is 0.458 e. The summed E-state index contributed by atoms with van der Waals surface area (Å²) in [6.45, 7) is 3.49. The summed E-state index contributed by atoms with van der Waals surface area (Å²) in [7, 11) is 0. The third kappa shape index (κ3) is 2.06. The quantitative estimate of drug-likeness (QED) is 0.828. The summed E-state index contributed by atoms with van der Waals surface area (Å²) in [6, 6.07) is 0.502. The maximum absolute atomic E-state index is 5.86. The molecule has 3 aliphatic heterocycles. The average Bonchev–Trinajstić information content (AvgIpc) is 2.34. The van der Waals surface area contributed by atoms with E-state index in [2.05, 4.69) is 30.8 Å². The Bertz CT molecular complexity index is 362. The molecule has 0 N–H and O–H groups in total. The van der Waals surface area contributed by atoms with Gasteiger partial charge in [0.1, 0.15) is 6.10 Å². The van der Waals surface area contributed by atoms with Crippen LogP contribution in [0.25, 0.3) is 0 Å². The molecule has 4 nitrogen and oxygen atoms in total. The van der Waals surface area contributed by atoms with Gasteiger partial charge >= 0.3 is 6.01 Å². The molecule has 0 radical (unpaired) electrons. The summed E-state index contributed by atoms with van der Waals surface area (Å²) >= 11 is 3.31. The Hall–Kier alpha value is -0.680. The van der Waals surface area contributed by atoms with Gasteiger partial charge < -0.3 is 4.74 Å². The van der Waals surface area contributed by atoms with Gasteiger partial charge in [0.15, 0.2) is 0 Å². The lowest BCUT2D eigenvalue weighted by atomic mass is 9.86. The molecule has 1 aromatic rings. The Labute approximate surface area is 103 Å². The number of fused-ring (bicyclic) bond motifs is 3. The molecule has 0 aromatic carbocycles. The van der Waals surface area contributed by atoms with Crippen LogP contribution in [0.15, 0.2) is 16.9 Å². The first-order chi connectivity index (χ1) is 7.81. The standard InChI is InChI=1S/C11H14BrN3O/c12-9-5-13-11(14-6-9)16-10-7-15-3-1-8(10)2-4-15/h5-6,8,10H,1-4,7H2/t10-/m0/s1. The van der Waals surface area contributed by atoms with Gasteiger partial charge in [0.05, 0.1) is 4.47 Å². The summed E-state index contributed by atoms with van der Waals surface area (Å²) in [5.41, 5.74) is 0. The van der Waals surface area contributed by atoms with Crippen molar-refractivity contribution in [3.63, 3.8) is 0 Å². The van der Waals surface area contributed by atoms with Gasteiger partial charge in [-0.1, -0.05) is 0 Å². The van der Waals surface area contributed by atoms with E-state index in [1.54, 1.807) is 12.4 Å². The second kappa shape index (κ2) is 4.30.